The summed E-state index contributed by atoms with van der Waals surface area (Å²) in [5, 5.41) is 26.3. The van der Waals surface area contributed by atoms with E-state index in [1.807, 2.05) is 26.0 Å². The minimum absolute atomic E-state index is 0.176. The number of hydrogen-bond acceptors (Lipinski definition) is 8. The number of nitrogens with zero attached hydrogens (tertiary/aromatic N) is 4. The molecule has 10 nitrogen and oxygen atoms in total. The summed E-state index contributed by atoms with van der Waals surface area (Å²) in [5.74, 6) is 0.185. The maximum atomic E-state index is 11.2. The normalized spacial score (nSPS) is 21.6. The first kappa shape index (κ1) is 28.2. The van der Waals surface area contributed by atoms with Crippen molar-refractivity contribution in [2.24, 2.45) is 0 Å². The highest BCUT2D eigenvalue weighted by Crippen LogP contribution is 2.32. The van der Waals surface area contributed by atoms with Gasteiger partial charge in [-0.25, -0.2) is 5.10 Å². The summed E-state index contributed by atoms with van der Waals surface area (Å²) in [6, 6.07) is 8.77. The number of nitrogens with one attached hydrogen (secondary N) is 1. The first-order chi connectivity index (χ1) is 17.1. The number of aromatic nitrogens is 3. The number of carbonyl (C=O) groups is 1. The molecule has 0 spiro atoms. The lowest BCUT2D eigenvalue weighted by molar-refractivity contribution is -0.169. The minimum Gasteiger partial charge on any atom is -0.481 e. The summed E-state index contributed by atoms with van der Waals surface area (Å²) in [4.78, 5) is 18.0. The number of H-pyrrole nitrogens is 1. The molecule has 5 N–H and O–H groups in total. The van der Waals surface area contributed by atoms with Crippen LogP contribution >= 0.6 is 11.6 Å². The van der Waals surface area contributed by atoms with E-state index in [2.05, 4.69) is 37.1 Å². The second-order valence-electron chi connectivity index (χ2n) is 9.57. The Morgan fingerprint density at radius 2 is 1.86 bits per heavy atom. The molecular weight excluding hydrogens is 484 g/mol. The molecule has 3 heterocycles. The molecule has 36 heavy (non-hydrogen) atoms. The van der Waals surface area contributed by atoms with Crippen molar-refractivity contribution in [1.82, 2.24) is 20.1 Å². The van der Waals surface area contributed by atoms with E-state index in [0.717, 1.165) is 50.8 Å². The molecule has 2 atom stereocenters. The second-order valence-corrected chi connectivity index (χ2v) is 10.0. The van der Waals surface area contributed by atoms with Crippen LogP contribution in [-0.2, 0) is 16.0 Å². The van der Waals surface area contributed by atoms with Crippen molar-refractivity contribution in [3.05, 3.63) is 34.9 Å². The van der Waals surface area contributed by atoms with E-state index in [-0.39, 0.29) is 12.1 Å². The van der Waals surface area contributed by atoms with Gasteiger partial charge in [0.2, 0.25) is 11.9 Å². The van der Waals surface area contributed by atoms with E-state index >= 15 is 0 Å². The van der Waals surface area contributed by atoms with Gasteiger partial charge in [-0.05, 0) is 49.8 Å². The largest absolute Gasteiger partial charge is 0.481 e. The van der Waals surface area contributed by atoms with E-state index in [9.17, 15) is 5.11 Å². The molecule has 2 fully saturated rings. The van der Waals surface area contributed by atoms with Gasteiger partial charge in [0.25, 0.3) is 5.97 Å². The molecule has 0 amide bonds. The lowest BCUT2D eigenvalue weighted by Crippen LogP contribution is -2.62. The zero-order valence-electron chi connectivity index (χ0n) is 21.4. The summed E-state index contributed by atoms with van der Waals surface area (Å²) < 4.78 is 6.28. The van der Waals surface area contributed by atoms with Crippen LogP contribution < -0.4 is 10.6 Å². The summed E-state index contributed by atoms with van der Waals surface area (Å²) in [7, 11) is 0. The standard InChI is InChI=1S/C23H35ClN6O2.C2H4O2/c1-3-23(31,4-2)20-14-30(19(15-32-20)13-16-5-7-17(24)8-6-16)18-9-11-29(12-10-18)22-26-21(25)27-28-22;1-2(3)4/h5-8,18-20,31H,3-4,9-15H2,1-2H3,(H3,25,26,27,28);1H3,(H,3,4)/t19-,20+;/m0./s1. The lowest BCUT2D eigenvalue weighted by Gasteiger charge is -2.49. The van der Waals surface area contributed by atoms with Crippen LogP contribution in [0.2, 0.25) is 5.02 Å². The van der Waals surface area contributed by atoms with Crippen molar-refractivity contribution in [2.45, 2.75) is 76.7 Å². The topological polar surface area (TPSA) is 141 Å². The fourth-order valence-electron chi connectivity index (χ4n) is 5.07. The quantitative estimate of drug-likeness (QED) is 0.431. The number of rotatable bonds is 7. The Hall–Kier alpha value is -2.40. The number of halogens is 1. The van der Waals surface area contributed by atoms with Gasteiger partial charge in [-0.2, -0.15) is 4.98 Å². The number of anilines is 2. The maximum Gasteiger partial charge on any atom is 0.300 e. The van der Waals surface area contributed by atoms with Gasteiger partial charge < -0.3 is 25.6 Å². The van der Waals surface area contributed by atoms with E-state index in [4.69, 9.17) is 32.0 Å². The van der Waals surface area contributed by atoms with Crippen molar-refractivity contribution in [3.63, 3.8) is 0 Å². The molecule has 4 rings (SSSR count). The van der Waals surface area contributed by atoms with Crippen LogP contribution in [0.5, 0.6) is 0 Å². The van der Waals surface area contributed by atoms with Crippen LogP contribution in [0.15, 0.2) is 24.3 Å². The fraction of sp³-hybridized carbons (Fsp3) is 0.640. The average Bonchev–Trinajstić information content (AvgIpc) is 3.31. The Bertz CT molecular complexity index is 956. The Labute approximate surface area is 217 Å². The third kappa shape index (κ3) is 7.32. The third-order valence-electron chi connectivity index (χ3n) is 7.25. The van der Waals surface area contributed by atoms with E-state index < -0.39 is 11.6 Å². The molecule has 0 aliphatic carbocycles. The highest BCUT2D eigenvalue weighted by atomic mass is 35.5. The maximum absolute atomic E-state index is 11.2. The minimum atomic E-state index is -0.833. The number of morpholine rings is 1. The van der Waals surface area contributed by atoms with Gasteiger partial charge in [-0.1, -0.05) is 37.6 Å². The number of benzene rings is 1. The molecule has 1 aromatic heterocycles. The van der Waals surface area contributed by atoms with Gasteiger partial charge >= 0.3 is 0 Å². The number of aromatic amines is 1. The second kappa shape index (κ2) is 12.7. The van der Waals surface area contributed by atoms with E-state index in [0.29, 0.717) is 37.4 Å². The number of carboxylic acid groups (broad SMARTS) is 1. The van der Waals surface area contributed by atoms with Crippen LogP contribution in [0.3, 0.4) is 0 Å². The van der Waals surface area contributed by atoms with Gasteiger partial charge in [0, 0.05) is 43.7 Å². The number of nitrogens with two attached hydrogens (primary N) is 1. The molecule has 0 saturated carbocycles. The third-order valence-corrected chi connectivity index (χ3v) is 7.50. The zero-order chi connectivity index (χ0) is 26.3. The molecule has 2 saturated heterocycles. The lowest BCUT2D eigenvalue weighted by atomic mass is 9.87. The highest BCUT2D eigenvalue weighted by Gasteiger charge is 2.43. The fourth-order valence-corrected chi connectivity index (χ4v) is 5.19. The van der Waals surface area contributed by atoms with Crippen molar-refractivity contribution in [1.29, 1.82) is 0 Å². The van der Waals surface area contributed by atoms with Crippen LogP contribution in [-0.4, -0.2) is 86.3 Å². The number of hydrogen-bond donors (Lipinski definition) is 4. The number of carboxylic acids is 1. The molecule has 1 aromatic carbocycles. The van der Waals surface area contributed by atoms with Gasteiger partial charge in [-0.15, -0.1) is 5.10 Å². The smallest absolute Gasteiger partial charge is 0.300 e. The Balaban J connectivity index is 0.000000840. The number of aliphatic carboxylic acids is 1. The number of piperidine rings is 1. The first-order valence-corrected chi connectivity index (χ1v) is 13.0. The summed E-state index contributed by atoms with van der Waals surface area (Å²) in [6.07, 6.45) is 4.12. The Morgan fingerprint density at radius 3 is 2.39 bits per heavy atom. The molecule has 200 valence electrons. The summed E-state index contributed by atoms with van der Waals surface area (Å²) in [5.41, 5.74) is 6.16. The first-order valence-electron chi connectivity index (χ1n) is 12.6. The van der Waals surface area contributed by atoms with Crippen molar-refractivity contribution >= 4 is 29.5 Å². The molecule has 0 bridgehead atoms. The molecule has 11 heteroatoms. The SMILES string of the molecule is CC(=O)O.CCC(O)(CC)[C@H]1CN(C2CCN(c3n[nH]c(N)n3)CC2)[C@@H](Cc2ccc(Cl)cc2)CO1. The molecule has 2 aromatic rings. The zero-order valence-corrected chi connectivity index (χ0v) is 22.1. The Morgan fingerprint density at radius 1 is 1.25 bits per heavy atom. The highest BCUT2D eigenvalue weighted by molar-refractivity contribution is 6.30. The van der Waals surface area contributed by atoms with E-state index in [1.54, 1.807) is 0 Å². The van der Waals surface area contributed by atoms with Gasteiger partial charge in [0.1, 0.15) is 0 Å². The van der Waals surface area contributed by atoms with Crippen molar-refractivity contribution in [3.8, 4) is 0 Å². The van der Waals surface area contributed by atoms with Crippen LogP contribution in [0.4, 0.5) is 11.9 Å². The van der Waals surface area contributed by atoms with Crippen molar-refractivity contribution in [2.75, 3.05) is 36.9 Å². The van der Waals surface area contributed by atoms with Gasteiger partial charge in [0.15, 0.2) is 0 Å². The number of aliphatic hydroxyl groups is 1. The molecule has 0 unspecified atom stereocenters. The number of nitrogen functional groups attached to an aromatic ring is 1. The van der Waals surface area contributed by atoms with Crippen LogP contribution in [0.1, 0.15) is 52.0 Å². The van der Waals surface area contributed by atoms with Crippen molar-refractivity contribution < 1.29 is 19.7 Å². The predicted octanol–water partition coefficient (Wildman–Crippen LogP) is 2.96. The van der Waals surface area contributed by atoms with Gasteiger partial charge in [0.05, 0.1) is 18.3 Å². The molecular formula is C25H39ClN6O4. The average molecular weight is 523 g/mol. The Kier molecular flexibility index (Phi) is 9.95. The molecule has 2 aliphatic heterocycles. The van der Waals surface area contributed by atoms with Crippen LogP contribution in [0, 0.1) is 0 Å². The van der Waals surface area contributed by atoms with Gasteiger partial charge in [-0.3, -0.25) is 9.69 Å². The van der Waals surface area contributed by atoms with E-state index in [1.165, 1.54) is 5.56 Å². The van der Waals surface area contributed by atoms with Crippen LogP contribution in [0.25, 0.3) is 0 Å². The summed E-state index contributed by atoms with van der Waals surface area (Å²) >= 11 is 6.08. The number of ether oxygens (including phenoxy) is 1. The molecule has 0 radical (unpaired) electrons. The summed E-state index contributed by atoms with van der Waals surface area (Å²) in [6.45, 7) is 8.28. The predicted molar refractivity (Wildman–Crippen MR) is 140 cm³/mol. The molecule has 2 aliphatic rings. The monoisotopic (exact) mass is 522 g/mol.